The number of carboxylic acids is 1. The Kier molecular flexibility index (Phi) is 5.04. The molecule has 0 aromatic heterocycles. The van der Waals surface area contributed by atoms with Gasteiger partial charge in [-0.05, 0) is 55.9 Å². The van der Waals surface area contributed by atoms with E-state index in [4.69, 9.17) is 5.14 Å². The van der Waals surface area contributed by atoms with Crippen LogP contribution in [0.25, 0.3) is 0 Å². The molecule has 8 nitrogen and oxygen atoms in total. The predicted molar refractivity (Wildman–Crippen MR) is 99.8 cm³/mol. The maximum absolute atomic E-state index is 12.5. The van der Waals surface area contributed by atoms with E-state index >= 15 is 0 Å². The summed E-state index contributed by atoms with van der Waals surface area (Å²) in [6.45, 7) is 4.57. The Morgan fingerprint density at radius 3 is 2.67 bits per heavy atom. The van der Waals surface area contributed by atoms with Crippen LogP contribution in [-0.4, -0.2) is 49.9 Å². The molecule has 0 bridgehead atoms. The Hall–Kier alpha value is -1.97. The number of hydrogen-bond acceptors (Lipinski definition) is 5. The molecule has 27 heavy (non-hydrogen) atoms. The lowest BCUT2D eigenvalue weighted by Crippen LogP contribution is -2.37. The second kappa shape index (κ2) is 6.88. The highest BCUT2D eigenvalue weighted by Gasteiger charge is 2.54. The molecule has 1 heterocycles. The molecule has 1 saturated carbocycles. The van der Waals surface area contributed by atoms with Gasteiger partial charge in [-0.1, -0.05) is 6.42 Å². The van der Waals surface area contributed by atoms with E-state index < -0.39 is 21.4 Å². The number of benzene rings is 1. The molecule has 1 aromatic rings. The van der Waals surface area contributed by atoms with Crippen molar-refractivity contribution < 1.29 is 23.1 Å². The van der Waals surface area contributed by atoms with E-state index in [1.807, 2.05) is 4.90 Å². The third kappa shape index (κ3) is 3.71. The van der Waals surface area contributed by atoms with Crippen LogP contribution in [0, 0.1) is 25.2 Å². The van der Waals surface area contributed by atoms with Gasteiger partial charge in [0.05, 0.1) is 16.9 Å². The van der Waals surface area contributed by atoms with Crippen LogP contribution in [0.15, 0.2) is 17.0 Å². The van der Waals surface area contributed by atoms with E-state index in [9.17, 15) is 23.1 Å². The van der Waals surface area contributed by atoms with Crippen molar-refractivity contribution in [3.8, 4) is 0 Å². The van der Waals surface area contributed by atoms with Gasteiger partial charge in [-0.15, -0.1) is 0 Å². The molecule has 148 valence electrons. The zero-order chi connectivity index (χ0) is 20.0. The van der Waals surface area contributed by atoms with E-state index in [2.05, 4.69) is 5.32 Å². The van der Waals surface area contributed by atoms with E-state index in [1.54, 1.807) is 13.8 Å². The Labute approximate surface area is 158 Å². The number of likely N-dealkylation sites (tertiary alicyclic amines) is 1. The summed E-state index contributed by atoms with van der Waals surface area (Å²) < 4.78 is 23.3. The first-order chi connectivity index (χ1) is 12.5. The van der Waals surface area contributed by atoms with Crippen molar-refractivity contribution in [1.29, 1.82) is 0 Å². The van der Waals surface area contributed by atoms with Crippen LogP contribution in [0.4, 0.5) is 5.69 Å². The van der Waals surface area contributed by atoms with Gasteiger partial charge in [0, 0.05) is 18.8 Å². The van der Waals surface area contributed by atoms with Crippen LogP contribution < -0.4 is 10.5 Å². The molecule has 1 saturated heterocycles. The highest BCUT2D eigenvalue weighted by atomic mass is 32.2. The minimum Gasteiger partial charge on any atom is -0.481 e. The quantitative estimate of drug-likeness (QED) is 0.684. The van der Waals surface area contributed by atoms with Gasteiger partial charge < -0.3 is 10.4 Å². The fraction of sp³-hybridized carbons (Fsp3) is 0.556. The number of amides is 1. The van der Waals surface area contributed by atoms with Crippen LogP contribution in [0.5, 0.6) is 0 Å². The van der Waals surface area contributed by atoms with E-state index in [0.717, 1.165) is 18.4 Å². The number of nitrogens with one attached hydrogen (secondary N) is 1. The summed E-state index contributed by atoms with van der Waals surface area (Å²) in [7, 11) is -3.88. The summed E-state index contributed by atoms with van der Waals surface area (Å²) in [6, 6.07) is 2.83. The molecule has 9 heteroatoms. The number of nitrogens with two attached hydrogens (primary N) is 1. The standard InChI is InChI=1S/C18H25N3O5S/c1-11-6-14(27(19,25)26)7-15(12(11)2)20-16(22)9-21-8-13-4-3-5-18(13,10-21)17(23)24/h6-7,13H,3-5,8-10H2,1-2H3,(H,20,22)(H,23,24)(H2,19,25,26)/t13-,18+/m0/s1. The molecule has 1 aromatic carbocycles. The summed E-state index contributed by atoms with van der Waals surface area (Å²) in [5.41, 5.74) is 1.13. The second-order valence-corrected chi connectivity index (χ2v) is 9.29. The number of fused-ring (bicyclic) bond motifs is 1. The van der Waals surface area contributed by atoms with Crippen LogP contribution in [0.3, 0.4) is 0 Å². The molecule has 4 N–H and O–H groups in total. The third-order valence-corrected chi connectivity index (χ3v) is 6.87. The van der Waals surface area contributed by atoms with Gasteiger partial charge in [0.25, 0.3) is 0 Å². The van der Waals surface area contributed by atoms with Crippen LogP contribution in [0.2, 0.25) is 0 Å². The van der Waals surface area contributed by atoms with Crippen LogP contribution >= 0.6 is 0 Å². The molecule has 0 radical (unpaired) electrons. The van der Waals surface area contributed by atoms with E-state index in [0.29, 0.717) is 30.8 Å². The molecule has 2 fully saturated rings. The first-order valence-corrected chi connectivity index (χ1v) is 10.5. The second-order valence-electron chi connectivity index (χ2n) is 7.73. The van der Waals surface area contributed by atoms with Crippen molar-refractivity contribution in [2.75, 3.05) is 25.0 Å². The summed E-state index contributed by atoms with van der Waals surface area (Å²) in [6.07, 6.45) is 2.44. The zero-order valence-corrected chi connectivity index (χ0v) is 16.3. The average molecular weight is 395 g/mol. The van der Waals surface area contributed by atoms with Gasteiger partial charge in [0.15, 0.2) is 0 Å². The van der Waals surface area contributed by atoms with Crippen molar-refractivity contribution in [3.63, 3.8) is 0 Å². The Balaban J connectivity index is 1.72. The van der Waals surface area contributed by atoms with Crippen LogP contribution in [-0.2, 0) is 19.6 Å². The van der Waals surface area contributed by atoms with Gasteiger partial charge in [-0.3, -0.25) is 14.5 Å². The fourth-order valence-corrected chi connectivity index (χ4v) is 5.00. The molecule has 1 aliphatic carbocycles. The Bertz CT molecular complexity index is 899. The number of aryl methyl sites for hydroxylation is 1. The molecule has 2 atom stereocenters. The molecule has 0 spiro atoms. The Morgan fingerprint density at radius 2 is 2.07 bits per heavy atom. The number of carbonyl (C=O) groups is 2. The molecular formula is C18H25N3O5S. The highest BCUT2D eigenvalue weighted by Crippen LogP contribution is 2.48. The lowest BCUT2D eigenvalue weighted by Gasteiger charge is -2.23. The summed E-state index contributed by atoms with van der Waals surface area (Å²) in [5, 5.41) is 17.6. The van der Waals surface area contributed by atoms with Crippen LogP contribution in [0.1, 0.15) is 30.4 Å². The molecule has 0 unspecified atom stereocenters. The number of anilines is 1. The number of aliphatic carboxylic acids is 1. The fourth-order valence-electron chi connectivity index (χ4n) is 4.38. The highest BCUT2D eigenvalue weighted by molar-refractivity contribution is 7.89. The van der Waals surface area contributed by atoms with Crippen molar-refractivity contribution >= 4 is 27.6 Å². The van der Waals surface area contributed by atoms with Gasteiger partial charge in [0.2, 0.25) is 15.9 Å². The predicted octanol–water partition coefficient (Wildman–Crippen LogP) is 1.08. The number of primary sulfonamides is 1. The number of sulfonamides is 1. The van der Waals surface area contributed by atoms with Gasteiger partial charge in [-0.2, -0.15) is 0 Å². The Morgan fingerprint density at radius 1 is 1.37 bits per heavy atom. The van der Waals surface area contributed by atoms with E-state index in [1.165, 1.54) is 12.1 Å². The normalized spacial score (nSPS) is 25.4. The lowest BCUT2D eigenvalue weighted by molar-refractivity contribution is -0.149. The van der Waals surface area contributed by atoms with Crippen molar-refractivity contribution in [1.82, 2.24) is 4.90 Å². The summed E-state index contributed by atoms with van der Waals surface area (Å²) >= 11 is 0. The maximum Gasteiger partial charge on any atom is 0.311 e. The third-order valence-electron chi connectivity index (χ3n) is 5.98. The molecule has 2 aliphatic rings. The SMILES string of the molecule is Cc1cc(S(N)(=O)=O)cc(NC(=O)CN2C[C@@H]3CCC[C@@]3(C(=O)O)C2)c1C. The van der Waals surface area contributed by atoms with E-state index in [-0.39, 0.29) is 23.3 Å². The number of carbonyl (C=O) groups excluding carboxylic acids is 1. The topological polar surface area (TPSA) is 130 Å². The first kappa shape index (κ1) is 19.8. The van der Waals surface area contributed by atoms with Crippen molar-refractivity contribution in [2.24, 2.45) is 16.5 Å². The zero-order valence-electron chi connectivity index (χ0n) is 15.5. The monoisotopic (exact) mass is 395 g/mol. The first-order valence-electron chi connectivity index (χ1n) is 8.92. The minimum atomic E-state index is -3.88. The molecule has 1 aliphatic heterocycles. The number of nitrogens with zero attached hydrogens (tertiary/aromatic N) is 1. The van der Waals surface area contributed by atoms with Gasteiger partial charge in [0.1, 0.15) is 0 Å². The molecule has 3 rings (SSSR count). The van der Waals surface area contributed by atoms with Crippen molar-refractivity contribution in [2.45, 2.75) is 38.0 Å². The molecular weight excluding hydrogens is 370 g/mol. The van der Waals surface area contributed by atoms with Gasteiger partial charge in [-0.25, -0.2) is 13.6 Å². The lowest BCUT2D eigenvalue weighted by atomic mass is 9.81. The summed E-state index contributed by atoms with van der Waals surface area (Å²) in [4.78, 5) is 26.1. The summed E-state index contributed by atoms with van der Waals surface area (Å²) in [5.74, 6) is -0.998. The average Bonchev–Trinajstić information content (AvgIpc) is 3.08. The number of rotatable bonds is 5. The minimum absolute atomic E-state index is 0.0542. The largest absolute Gasteiger partial charge is 0.481 e. The maximum atomic E-state index is 12.5. The molecule has 1 amide bonds. The number of carboxylic acid groups (broad SMARTS) is 1. The van der Waals surface area contributed by atoms with Gasteiger partial charge >= 0.3 is 5.97 Å². The smallest absolute Gasteiger partial charge is 0.311 e. The van der Waals surface area contributed by atoms with Crippen molar-refractivity contribution in [3.05, 3.63) is 23.3 Å². The number of hydrogen-bond donors (Lipinski definition) is 3.